The van der Waals surface area contributed by atoms with Gasteiger partial charge in [-0.2, -0.15) is 17.0 Å². The van der Waals surface area contributed by atoms with E-state index in [1.54, 1.807) is 8.61 Å². The number of nitrogens with zero attached hydrogens (tertiary/aromatic N) is 2. The number of H-pyrrole nitrogens is 1. The molecule has 26 heavy (non-hydrogen) atoms. The summed E-state index contributed by atoms with van der Waals surface area (Å²) in [4.78, 5) is 3.31. The second kappa shape index (κ2) is 6.83. The molecule has 1 N–H and O–H groups in total. The number of rotatable bonds is 3. The van der Waals surface area contributed by atoms with Crippen LogP contribution in [0.5, 0.6) is 0 Å². The van der Waals surface area contributed by atoms with E-state index in [0.717, 1.165) is 18.4 Å². The molecule has 3 heterocycles. The van der Waals surface area contributed by atoms with Gasteiger partial charge in [-0.1, -0.05) is 38.1 Å². The van der Waals surface area contributed by atoms with Crippen LogP contribution in [0.1, 0.15) is 32.3 Å². The summed E-state index contributed by atoms with van der Waals surface area (Å²) in [5.41, 5.74) is 3.54. The van der Waals surface area contributed by atoms with Gasteiger partial charge in [-0.25, -0.2) is 0 Å². The highest BCUT2D eigenvalue weighted by molar-refractivity contribution is 7.86. The Labute approximate surface area is 155 Å². The van der Waals surface area contributed by atoms with Gasteiger partial charge in [0.05, 0.1) is 0 Å². The lowest BCUT2D eigenvalue weighted by Crippen LogP contribution is -2.50. The van der Waals surface area contributed by atoms with E-state index in [1.807, 2.05) is 18.3 Å². The van der Waals surface area contributed by atoms with Crippen molar-refractivity contribution in [1.29, 1.82) is 0 Å². The summed E-state index contributed by atoms with van der Waals surface area (Å²) in [7, 11) is -3.37. The first kappa shape index (κ1) is 17.8. The van der Waals surface area contributed by atoms with E-state index in [2.05, 4.69) is 37.0 Å². The maximum Gasteiger partial charge on any atom is 0.282 e. The average molecular weight is 374 g/mol. The molecule has 6 heteroatoms. The van der Waals surface area contributed by atoms with Crippen molar-refractivity contribution in [2.45, 2.75) is 26.7 Å². The van der Waals surface area contributed by atoms with Crippen molar-refractivity contribution >= 4 is 26.7 Å². The third-order valence-corrected chi connectivity index (χ3v) is 7.53. The molecular weight excluding hydrogens is 346 g/mol. The lowest BCUT2D eigenvalue weighted by molar-refractivity contribution is 0.210. The third-order valence-electron chi connectivity index (χ3n) is 5.59. The van der Waals surface area contributed by atoms with Crippen molar-refractivity contribution in [2.75, 3.05) is 26.2 Å². The van der Waals surface area contributed by atoms with E-state index in [-0.39, 0.29) is 0 Å². The molecule has 0 bridgehead atoms. The van der Waals surface area contributed by atoms with E-state index >= 15 is 0 Å². The lowest BCUT2D eigenvalue weighted by atomic mass is 9.94. The molecule has 1 aromatic heterocycles. The number of hydrogen-bond donors (Lipinski definition) is 1. The predicted octanol–water partition coefficient (Wildman–Crippen LogP) is 3.48. The van der Waals surface area contributed by atoms with Crippen LogP contribution >= 0.6 is 0 Å². The van der Waals surface area contributed by atoms with Gasteiger partial charge in [-0.3, -0.25) is 0 Å². The zero-order chi connectivity index (χ0) is 18.3. The summed E-state index contributed by atoms with van der Waals surface area (Å²) < 4.78 is 29.4. The van der Waals surface area contributed by atoms with Gasteiger partial charge >= 0.3 is 0 Å². The maximum absolute atomic E-state index is 13.1. The number of piperidine rings is 1. The molecule has 0 radical (unpaired) electrons. The van der Waals surface area contributed by atoms with Gasteiger partial charge < -0.3 is 4.98 Å². The fraction of sp³-hybridized carbons (Fsp3) is 0.500. The molecule has 2 atom stereocenters. The molecule has 5 nitrogen and oxygen atoms in total. The van der Waals surface area contributed by atoms with Crippen LogP contribution in [-0.2, 0) is 10.2 Å². The first-order chi connectivity index (χ1) is 12.4. The van der Waals surface area contributed by atoms with E-state index in [4.69, 9.17) is 0 Å². The molecule has 4 rings (SSSR count). The van der Waals surface area contributed by atoms with Gasteiger partial charge in [0.1, 0.15) is 0 Å². The molecular formula is C20H27N3O2S. The summed E-state index contributed by atoms with van der Waals surface area (Å²) in [6, 6.07) is 8.24. The third kappa shape index (κ3) is 3.21. The largest absolute Gasteiger partial charge is 0.361 e. The second-order valence-electron chi connectivity index (χ2n) is 7.86. The fourth-order valence-electron chi connectivity index (χ4n) is 4.40. The zero-order valence-electron chi connectivity index (χ0n) is 15.5. The Morgan fingerprint density at radius 2 is 1.81 bits per heavy atom. The van der Waals surface area contributed by atoms with Crippen LogP contribution in [0.4, 0.5) is 0 Å². The molecule has 0 amide bonds. The number of aromatic amines is 1. The molecule has 0 saturated carbocycles. The van der Waals surface area contributed by atoms with Gasteiger partial charge in [-0.15, -0.1) is 0 Å². The molecule has 2 aliphatic heterocycles. The molecule has 1 saturated heterocycles. The van der Waals surface area contributed by atoms with Gasteiger partial charge in [-0.05, 0) is 36.3 Å². The molecule has 0 spiro atoms. The second-order valence-corrected chi connectivity index (χ2v) is 9.78. The van der Waals surface area contributed by atoms with Crippen molar-refractivity contribution in [3.8, 4) is 0 Å². The Morgan fingerprint density at radius 1 is 1.08 bits per heavy atom. The quantitative estimate of drug-likeness (QED) is 0.895. The minimum Gasteiger partial charge on any atom is -0.361 e. The first-order valence-corrected chi connectivity index (χ1v) is 10.9. The molecule has 1 fully saturated rings. The number of hydrogen-bond acceptors (Lipinski definition) is 2. The fourth-order valence-corrected chi connectivity index (χ4v) is 6.20. The van der Waals surface area contributed by atoms with Crippen LogP contribution in [0.2, 0.25) is 0 Å². The Balaban J connectivity index is 1.53. The molecule has 2 aromatic rings. The Bertz CT molecular complexity index is 921. The van der Waals surface area contributed by atoms with Crippen LogP contribution in [-0.4, -0.2) is 48.2 Å². The lowest BCUT2D eigenvalue weighted by Gasteiger charge is -2.38. The smallest absolute Gasteiger partial charge is 0.282 e. The number of para-hydroxylation sites is 1. The van der Waals surface area contributed by atoms with Crippen molar-refractivity contribution in [2.24, 2.45) is 11.8 Å². The van der Waals surface area contributed by atoms with Crippen LogP contribution < -0.4 is 0 Å². The standard InChI is InChI=1S/C20H27N3O2S/c1-15-11-16(2)14-23(13-15)26(24,25)22-9-7-17(8-10-22)19-12-21-20-6-4-3-5-18(19)20/h3-7,12,15-16,21H,8-11,13-14H2,1-2H3. The highest BCUT2D eigenvalue weighted by Crippen LogP contribution is 2.31. The topological polar surface area (TPSA) is 56.4 Å². The van der Waals surface area contributed by atoms with Crippen LogP contribution in [0, 0.1) is 11.8 Å². The highest BCUT2D eigenvalue weighted by Gasteiger charge is 2.35. The first-order valence-electron chi connectivity index (χ1n) is 9.46. The Kier molecular flexibility index (Phi) is 4.67. The molecule has 0 aliphatic carbocycles. The van der Waals surface area contributed by atoms with Gasteiger partial charge in [0, 0.05) is 48.8 Å². The number of fused-ring (bicyclic) bond motifs is 1. The maximum atomic E-state index is 13.1. The SMILES string of the molecule is CC1CC(C)CN(S(=O)(=O)N2CC=C(c3c[nH]c4ccccc34)CC2)C1. The summed E-state index contributed by atoms with van der Waals surface area (Å²) in [5, 5.41) is 1.20. The highest BCUT2D eigenvalue weighted by atomic mass is 32.2. The summed E-state index contributed by atoms with van der Waals surface area (Å²) in [6.45, 7) is 6.57. The molecule has 2 aliphatic rings. The Hall–Kier alpha value is -1.63. The van der Waals surface area contributed by atoms with Crippen molar-refractivity contribution in [3.05, 3.63) is 42.1 Å². The van der Waals surface area contributed by atoms with E-state index in [9.17, 15) is 8.42 Å². The minimum absolute atomic E-state index is 0.427. The number of benzene rings is 1. The van der Waals surface area contributed by atoms with E-state index in [1.165, 1.54) is 16.5 Å². The zero-order valence-corrected chi connectivity index (χ0v) is 16.3. The van der Waals surface area contributed by atoms with Gasteiger partial charge in [0.15, 0.2) is 0 Å². The van der Waals surface area contributed by atoms with Crippen molar-refractivity contribution in [1.82, 2.24) is 13.6 Å². The van der Waals surface area contributed by atoms with Crippen molar-refractivity contribution < 1.29 is 8.42 Å². The molecule has 2 unspecified atom stereocenters. The van der Waals surface area contributed by atoms with Crippen LogP contribution in [0.25, 0.3) is 16.5 Å². The normalized spacial score (nSPS) is 26.2. The average Bonchev–Trinajstić information content (AvgIpc) is 3.05. The van der Waals surface area contributed by atoms with E-state index in [0.29, 0.717) is 38.0 Å². The minimum atomic E-state index is -3.37. The van der Waals surface area contributed by atoms with E-state index < -0.39 is 10.2 Å². The predicted molar refractivity (Wildman–Crippen MR) is 106 cm³/mol. The monoisotopic (exact) mass is 373 g/mol. The van der Waals surface area contributed by atoms with Gasteiger partial charge in [0.2, 0.25) is 0 Å². The number of nitrogens with one attached hydrogen (secondary N) is 1. The summed E-state index contributed by atoms with van der Waals surface area (Å²) in [5.74, 6) is 0.853. The number of aromatic nitrogens is 1. The van der Waals surface area contributed by atoms with Gasteiger partial charge in [0.25, 0.3) is 10.2 Å². The summed E-state index contributed by atoms with van der Waals surface area (Å²) >= 11 is 0. The Morgan fingerprint density at radius 3 is 2.50 bits per heavy atom. The molecule has 1 aromatic carbocycles. The summed E-state index contributed by atoms with van der Waals surface area (Å²) in [6.07, 6.45) is 5.97. The van der Waals surface area contributed by atoms with Crippen LogP contribution in [0.3, 0.4) is 0 Å². The molecule has 140 valence electrons. The van der Waals surface area contributed by atoms with Crippen molar-refractivity contribution in [3.63, 3.8) is 0 Å². The van der Waals surface area contributed by atoms with Crippen LogP contribution in [0.15, 0.2) is 36.5 Å².